The van der Waals surface area contributed by atoms with Crippen LogP contribution >= 0.6 is 6.72 Å². The van der Waals surface area contributed by atoms with Gasteiger partial charge in [-0.1, -0.05) is 47.0 Å². The minimum absolute atomic E-state index is 0.0258. The van der Waals surface area contributed by atoms with Crippen LogP contribution in [-0.4, -0.2) is 84.9 Å². The molecule has 0 radical (unpaired) electrons. The molecule has 2 aliphatic rings. The Hall–Kier alpha value is -2.29. The fourth-order valence-corrected chi connectivity index (χ4v) is 6.72. The lowest BCUT2D eigenvalue weighted by molar-refractivity contribution is -0.116. The van der Waals surface area contributed by atoms with E-state index in [0.29, 0.717) is 35.6 Å². The highest BCUT2D eigenvalue weighted by molar-refractivity contribution is 8.07. The number of unbranched alkanes of at least 4 members (excludes halogenated alkanes) is 3. The van der Waals surface area contributed by atoms with Crippen molar-refractivity contribution in [3.63, 3.8) is 0 Å². The van der Waals surface area contributed by atoms with E-state index < -0.39 is 31.3 Å². The number of imidazole rings is 1. The molecular formula is C30H47N6O7PS. The Labute approximate surface area is 269 Å². The van der Waals surface area contributed by atoms with Crippen molar-refractivity contribution in [3.05, 3.63) is 24.7 Å². The van der Waals surface area contributed by atoms with Crippen molar-refractivity contribution in [2.75, 3.05) is 31.6 Å². The summed E-state index contributed by atoms with van der Waals surface area (Å²) in [5.74, 6) is 0.729. The minimum Gasteiger partial charge on any atom is -0.461 e. The molecule has 13 nitrogen and oxygen atoms in total. The number of amides is 1. The van der Waals surface area contributed by atoms with Crippen LogP contribution in [0.1, 0.15) is 85.3 Å². The number of aromatic nitrogens is 4. The second-order valence-electron chi connectivity index (χ2n) is 11.3. The molecule has 250 valence electrons. The summed E-state index contributed by atoms with van der Waals surface area (Å²) in [5, 5.41) is 13.8. The van der Waals surface area contributed by atoms with Crippen LogP contribution in [-0.2, 0) is 30.4 Å². The number of nitrogens with one attached hydrogen (secondary N) is 1. The lowest BCUT2D eigenvalue weighted by Crippen LogP contribution is -2.39. The number of rotatable bonds is 14. The second-order valence-corrected chi connectivity index (χ2v) is 14.1. The van der Waals surface area contributed by atoms with E-state index in [2.05, 4.69) is 45.9 Å². The summed E-state index contributed by atoms with van der Waals surface area (Å²) in [7, 11) is 0. The van der Waals surface area contributed by atoms with E-state index >= 15 is 0 Å². The van der Waals surface area contributed by atoms with E-state index in [9.17, 15) is 14.8 Å². The molecule has 0 spiro atoms. The summed E-state index contributed by atoms with van der Waals surface area (Å²) in [5.41, 5.74) is 0.615. The Kier molecular flexibility index (Phi) is 13.5. The Morgan fingerprint density at radius 1 is 1.11 bits per heavy atom. The van der Waals surface area contributed by atoms with Gasteiger partial charge in [-0.3, -0.25) is 13.9 Å². The molecule has 5 atom stereocenters. The zero-order valence-corrected chi connectivity index (χ0v) is 28.3. The Morgan fingerprint density at radius 2 is 1.80 bits per heavy atom. The van der Waals surface area contributed by atoms with Gasteiger partial charge < -0.3 is 33.9 Å². The van der Waals surface area contributed by atoms with Crippen LogP contribution < -0.4 is 5.32 Å². The van der Waals surface area contributed by atoms with Crippen LogP contribution in [0.3, 0.4) is 0 Å². The Morgan fingerprint density at radius 3 is 2.40 bits per heavy atom. The molecular weight excluding hydrogens is 619 g/mol. The Balaban J connectivity index is 0.000000302. The van der Waals surface area contributed by atoms with Crippen molar-refractivity contribution in [2.45, 2.75) is 104 Å². The average Bonchev–Trinajstić information content (AvgIpc) is 3.75. The maximum absolute atomic E-state index is 12.2. The minimum atomic E-state index is -3.46. The molecule has 5 rings (SSSR count). The van der Waals surface area contributed by atoms with E-state index in [0.717, 1.165) is 0 Å². The molecule has 1 amide bonds. The van der Waals surface area contributed by atoms with Crippen LogP contribution in [0, 0.1) is 0 Å². The zero-order valence-electron chi connectivity index (χ0n) is 26.6. The predicted molar refractivity (Wildman–Crippen MR) is 175 cm³/mol. The first-order valence-electron chi connectivity index (χ1n) is 16.0. The van der Waals surface area contributed by atoms with Crippen molar-refractivity contribution < 1.29 is 33.0 Å². The molecule has 0 aromatic carbocycles. The van der Waals surface area contributed by atoms with Crippen LogP contribution in [0.5, 0.6) is 0 Å². The summed E-state index contributed by atoms with van der Waals surface area (Å²) in [6, 6.07) is 3.39. The first-order chi connectivity index (χ1) is 21.7. The number of carbonyl (C=O) groups is 1. The molecule has 2 aliphatic heterocycles. The summed E-state index contributed by atoms with van der Waals surface area (Å²) in [6.45, 7) is 9.19. The second kappa shape index (κ2) is 17.0. The monoisotopic (exact) mass is 666 g/mol. The molecule has 45 heavy (non-hydrogen) atoms. The van der Waals surface area contributed by atoms with Crippen LogP contribution in [0.25, 0.3) is 22.7 Å². The smallest absolute Gasteiger partial charge is 0.325 e. The maximum atomic E-state index is 12.2. The number of ether oxygens (including phenoxy) is 1. The molecule has 1 unspecified atom stereocenters. The highest BCUT2D eigenvalue weighted by Crippen LogP contribution is 2.53. The van der Waals surface area contributed by atoms with Gasteiger partial charge in [0.05, 0.1) is 12.9 Å². The highest BCUT2D eigenvalue weighted by atomic mass is 32.5. The third kappa shape index (κ3) is 9.17. The fraction of sp³-hybridized carbons (Fsp3) is 0.667. The molecule has 2 fully saturated rings. The number of hydrogen-bond donors (Lipinski definition) is 3. The van der Waals surface area contributed by atoms with Gasteiger partial charge in [-0.05, 0) is 69.3 Å². The lowest BCUT2D eigenvalue weighted by atomic mass is 10.1. The van der Waals surface area contributed by atoms with Gasteiger partial charge in [0.2, 0.25) is 5.91 Å². The highest BCUT2D eigenvalue weighted by Gasteiger charge is 2.52. The third-order valence-electron chi connectivity index (χ3n) is 7.66. The lowest BCUT2D eigenvalue weighted by Gasteiger charge is -2.30. The number of hydrogen-bond acceptors (Lipinski definition) is 11. The van der Waals surface area contributed by atoms with Gasteiger partial charge in [0.25, 0.3) is 0 Å². The third-order valence-corrected chi connectivity index (χ3v) is 9.22. The molecule has 0 aliphatic carbocycles. The summed E-state index contributed by atoms with van der Waals surface area (Å²) < 4.78 is 23.7. The van der Waals surface area contributed by atoms with Gasteiger partial charge in [0.15, 0.2) is 34.8 Å². The number of carbonyl (C=O) groups excluding carboxylic acids is 1. The van der Waals surface area contributed by atoms with Crippen molar-refractivity contribution >= 4 is 41.4 Å². The van der Waals surface area contributed by atoms with Gasteiger partial charge in [0, 0.05) is 6.42 Å². The van der Waals surface area contributed by atoms with Gasteiger partial charge in [0.1, 0.15) is 24.6 Å². The fourth-order valence-electron chi connectivity index (χ4n) is 5.27. The molecule has 3 aromatic rings. The van der Waals surface area contributed by atoms with Crippen molar-refractivity contribution in [1.29, 1.82) is 0 Å². The van der Waals surface area contributed by atoms with E-state index in [1.54, 1.807) is 16.7 Å². The van der Waals surface area contributed by atoms with Gasteiger partial charge in [-0.15, -0.1) is 0 Å². The Bertz CT molecular complexity index is 1390. The van der Waals surface area contributed by atoms with Crippen molar-refractivity contribution in [1.82, 2.24) is 24.4 Å². The number of anilines is 1. The molecule has 0 bridgehead atoms. The summed E-state index contributed by atoms with van der Waals surface area (Å²) in [6.07, 6.45) is 8.11. The van der Waals surface area contributed by atoms with E-state index in [1.807, 2.05) is 6.92 Å². The van der Waals surface area contributed by atoms with Gasteiger partial charge in [-0.25, -0.2) is 15.0 Å². The topological polar surface area (TPSA) is 157 Å². The molecule has 3 N–H and O–H groups in total. The van der Waals surface area contributed by atoms with Crippen molar-refractivity contribution in [2.24, 2.45) is 0 Å². The van der Waals surface area contributed by atoms with Crippen LogP contribution in [0.15, 0.2) is 29.1 Å². The van der Waals surface area contributed by atoms with E-state index in [-0.39, 0.29) is 18.3 Å². The molecule has 5 heterocycles. The number of aliphatic hydroxyl groups excluding tert-OH is 1. The first-order valence-corrected chi connectivity index (χ1v) is 18.6. The van der Waals surface area contributed by atoms with Gasteiger partial charge in [-0.2, -0.15) is 0 Å². The van der Waals surface area contributed by atoms with E-state index in [4.69, 9.17) is 30.0 Å². The number of furan rings is 1. The predicted octanol–water partition coefficient (Wildman–Crippen LogP) is 5.40. The zero-order chi connectivity index (χ0) is 32.4. The maximum Gasteiger partial charge on any atom is 0.325 e. The van der Waals surface area contributed by atoms with Crippen LogP contribution in [0.4, 0.5) is 5.82 Å². The molecule has 0 saturated carbocycles. The number of nitrogens with zero attached hydrogens (tertiary/aromatic N) is 5. The van der Waals surface area contributed by atoms with Crippen LogP contribution in [0.2, 0.25) is 0 Å². The average molecular weight is 667 g/mol. The number of fused-ring (bicyclic) bond motifs is 2. The van der Waals surface area contributed by atoms with E-state index in [1.165, 1.54) is 70.7 Å². The van der Waals surface area contributed by atoms with Gasteiger partial charge >= 0.3 is 6.72 Å². The summed E-state index contributed by atoms with van der Waals surface area (Å²) >= 11 is 4.92. The van der Waals surface area contributed by atoms with Crippen molar-refractivity contribution in [3.8, 4) is 11.6 Å². The normalized spacial score (nSPS) is 24.4. The summed E-state index contributed by atoms with van der Waals surface area (Å²) in [4.78, 5) is 37.9. The number of aliphatic hydroxyl groups is 1. The molecule has 15 heteroatoms. The SMILES string of the molecule is CCCC(=O)Nc1ncnc2c1nc(-c1ccco1)n2[C@@H]1O[C@@H]2COP(O)(=S)O[C@H]2[C@H]1O.CCCCN(CCCC)CCCC. The quantitative estimate of drug-likeness (QED) is 0.188. The largest absolute Gasteiger partial charge is 0.461 e. The first kappa shape index (κ1) is 35.6. The standard InChI is InChI=1S/C18H20N5O7PS.C12H27N/c1-2-4-11(24)21-15-12-17(20-8-19-15)23(16(22-12)9-5-3-6-27-9)18-13(25)14-10(29-18)7-28-31(26,32)30-14;1-4-7-10-13(11-8-5-2)12-9-6-3/h3,5-6,8,10,13-14,18,25H,2,4,7H2,1H3,(H,26,32)(H,19,20,21,24);4-12H2,1-3H3/t10-,13-,14-,18-,31?;/m1./s1. The molecule has 3 aromatic heterocycles. The molecule has 2 saturated heterocycles.